The number of aryl methyl sites for hydroxylation is 1. The number of nitrogens with zero attached hydrogens (tertiary/aromatic N) is 2. The lowest BCUT2D eigenvalue weighted by Crippen LogP contribution is -2.46. The largest absolute Gasteiger partial charge is 0.497 e. The van der Waals surface area contributed by atoms with Crippen LogP contribution >= 0.6 is 0 Å². The van der Waals surface area contributed by atoms with Crippen LogP contribution in [-0.2, 0) is 20.8 Å². The van der Waals surface area contributed by atoms with Crippen LogP contribution in [0.1, 0.15) is 31.2 Å². The van der Waals surface area contributed by atoms with Crippen molar-refractivity contribution in [2.24, 2.45) is 0 Å². The van der Waals surface area contributed by atoms with E-state index in [0.29, 0.717) is 51.9 Å². The highest BCUT2D eigenvalue weighted by molar-refractivity contribution is 5.90. The summed E-state index contributed by atoms with van der Waals surface area (Å²) in [7, 11) is 1.63. The monoisotopic (exact) mass is 373 g/mol. The van der Waals surface area contributed by atoms with Gasteiger partial charge < -0.3 is 19.9 Å². The van der Waals surface area contributed by atoms with Gasteiger partial charge in [0.2, 0.25) is 17.7 Å². The highest BCUT2D eigenvalue weighted by Crippen LogP contribution is 2.15. The lowest BCUT2D eigenvalue weighted by molar-refractivity contribution is -0.135. The van der Waals surface area contributed by atoms with E-state index in [1.54, 1.807) is 12.0 Å². The number of hydrogen-bond acceptors (Lipinski definition) is 4. The molecular weight excluding hydrogens is 346 g/mol. The Labute approximate surface area is 159 Å². The van der Waals surface area contributed by atoms with Crippen LogP contribution < -0.4 is 10.1 Å². The first-order chi connectivity index (χ1) is 13.1. The molecule has 2 heterocycles. The molecule has 1 unspecified atom stereocenters. The maximum absolute atomic E-state index is 12.6. The summed E-state index contributed by atoms with van der Waals surface area (Å²) in [5.74, 6) is 0.849. The standard InChI is InChI=1S/C20H27N3O4/c1-27-16-6-3-15(4-7-16)5-10-19(25)22-11-2-12-23(14-13-22)20(26)17-8-9-18(24)21-17/h3-4,6-7,17H,2,5,8-14H2,1H3,(H,21,24). The fraction of sp³-hybridized carbons (Fsp3) is 0.550. The zero-order chi connectivity index (χ0) is 19.2. The molecule has 146 valence electrons. The number of amides is 3. The van der Waals surface area contributed by atoms with Crippen molar-refractivity contribution in [1.29, 1.82) is 0 Å². The van der Waals surface area contributed by atoms with Crippen LogP contribution in [0.25, 0.3) is 0 Å². The Kier molecular flexibility index (Phi) is 6.32. The van der Waals surface area contributed by atoms with E-state index in [2.05, 4.69) is 5.32 Å². The predicted octanol–water partition coefficient (Wildman–Crippen LogP) is 0.967. The third-order valence-electron chi connectivity index (χ3n) is 5.24. The van der Waals surface area contributed by atoms with Crippen molar-refractivity contribution in [2.45, 2.75) is 38.1 Å². The van der Waals surface area contributed by atoms with Crippen LogP contribution in [0.4, 0.5) is 0 Å². The van der Waals surface area contributed by atoms with Gasteiger partial charge in [0.15, 0.2) is 0 Å². The molecule has 0 spiro atoms. The molecule has 2 aliphatic rings. The van der Waals surface area contributed by atoms with E-state index < -0.39 is 6.04 Å². The molecule has 0 saturated carbocycles. The van der Waals surface area contributed by atoms with Crippen LogP contribution in [0, 0.1) is 0 Å². The van der Waals surface area contributed by atoms with Crippen molar-refractivity contribution in [1.82, 2.24) is 15.1 Å². The number of carbonyl (C=O) groups excluding carboxylic acids is 3. The van der Waals surface area contributed by atoms with Gasteiger partial charge in [-0.1, -0.05) is 12.1 Å². The number of nitrogens with one attached hydrogen (secondary N) is 1. The molecule has 3 rings (SSSR count). The predicted molar refractivity (Wildman–Crippen MR) is 100 cm³/mol. The van der Waals surface area contributed by atoms with Gasteiger partial charge in [0.05, 0.1) is 7.11 Å². The van der Waals surface area contributed by atoms with Crippen molar-refractivity contribution in [3.63, 3.8) is 0 Å². The minimum atomic E-state index is -0.394. The van der Waals surface area contributed by atoms with Gasteiger partial charge in [-0.05, 0) is 37.0 Å². The molecule has 2 saturated heterocycles. The molecule has 2 aliphatic heterocycles. The van der Waals surface area contributed by atoms with Gasteiger partial charge in [0.1, 0.15) is 11.8 Å². The molecule has 0 aromatic heterocycles. The van der Waals surface area contributed by atoms with E-state index in [-0.39, 0.29) is 17.7 Å². The quantitative estimate of drug-likeness (QED) is 0.834. The summed E-state index contributed by atoms with van der Waals surface area (Å²) in [6.45, 7) is 2.38. The lowest BCUT2D eigenvalue weighted by Gasteiger charge is -2.24. The first-order valence-corrected chi connectivity index (χ1v) is 9.55. The van der Waals surface area contributed by atoms with Crippen LogP contribution in [0.5, 0.6) is 5.75 Å². The van der Waals surface area contributed by atoms with E-state index in [1.165, 1.54) is 0 Å². The average molecular weight is 373 g/mol. The Morgan fingerprint density at radius 1 is 1.11 bits per heavy atom. The molecule has 0 bridgehead atoms. The Morgan fingerprint density at radius 3 is 2.48 bits per heavy atom. The third kappa shape index (κ3) is 4.99. The number of ether oxygens (including phenoxy) is 1. The Balaban J connectivity index is 1.47. The first-order valence-electron chi connectivity index (χ1n) is 9.55. The molecule has 7 heteroatoms. The van der Waals surface area contributed by atoms with E-state index in [1.807, 2.05) is 29.2 Å². The summed E-state index contributed by atoms with van der Waals surface area (Å²) in [4.78, 5) is 40.1. The highest BCUT2D eigenvalue weighted by Gasteiger charge is 2.31. The minimum Gasteiger partial charge on any atom is -0.497 e. The molecule has 1 atom stereocenters. The van der Waals surface area contributed by atoms with Crippen LogP contribution in [0.3, 0.4) is 0 Å². The van der Waals surface area contributed by atoms with Gasteiger partial charge in [0, 0.05) is 39.0 Å². The second-order valence-corrected chi connectivity index (χ2v) is 7.07. The molecular formula is C20H27N3O4. The highest BCUT2D eigenvalue weighted by atomic mass is 16.5. The SMILES string of the molecule is COc1ccc(CCC(=O)N2CCCN(C(=O)C3CCC(=O)N3)CC2)cc1. The van der Waals surface area contributed by atoms with Crippen molar-refractivity contribution in [3.8, 4) is 5.75 Å². The molecule has 0 aliphatic carbocycles. The first kappa shape index (κ1) is 19.2. The van der Waals surface area contributed by atoms with E-state index in [4.69, 9.17) is 4.74 Å². The summed E-state index contributed by atoms with van der Waals surface area (Å²) in [6, 6.07) is 7.36. The zero-order valence-electron chi connectivity index (χ0n) is 15.8. The normalized spacial score (nSPS) is 20.2. The van der Waals surface area contributed by atoms with Gasteiger partial charge in [-0.25, -0.2) is 0 Å². The number of hydrogen-bond donors (Lipinski definition) is 1. The number of methoxy groups -OCH3 is 1. The van der Waals surface area contributed by atoms with Gasteiger partial charge in [-0.15, -0.1) is 0 Å². The van der Waals surface area contributed by atoms with Crippen LogP contribution in [-0.4, -0.2) is 66.9 Å². The topological polar surface area (TPSA) is 79.0 Å². The van der Waals surface area contributed by atoms with Crippen molar-refractivity contribution in [3.05, 3.63) is 29.8 Å². The van der Waals surface area contributed by atoms with Crippen LogP contribution in [0.15, 0.2) is 24.3 Å². The maximum atomic E-state index is 12.6. The fourth-order valence-corrected chi connectivity index (χ4v) is 3.61. The summed E-state index contributed by atoms with van der Waals surface area (Å²) >= 11 is 0. The Morgan fingerprint density at radius 2 is 1.81 bits per heavy atom. The van der Waals surface area contributed by atoms with Crippen molar-refractivity contribution in [2.75, 3.05) is 33.3 Å². The van der Waals surface area contributed by atoms with Crippen LogP contribution in [0.2, 0.25) is 0 Å². The fourth-order valence-electron chi connectivity index (χ4n) is 3.61. The van der Waals surface area contributed by atoms with Gasteiger partial charge in [-0.3, -0.25) is 14.4 Å². The van der Waals surface area contributed by atoms with Crippen molar-refractivity contribution < 1.29 is 19.1 Å². The molecule has 1 aromatic carbocycles. The van der Waals surface area contributed by atoms with Gasteiger partial charge in [0.25, 0.3) is 0 Å². The number of benzene rings is 1. The number of rotatable bonds is 5. The van der Waals surface area contributed by atoms with Crippen molar-refractivity contribution >= 4 is 17.7 Å². The summed E-state index contributed by atoms with van der Waals surface area (Å²) in [5.41, 5.74) is 1.10. The lowest BCUT2D eigenvalue weighted by atomic mass is 10.1. The van der Waals surface area contributed by atoms with E-state index in [0.717, 1.165) is 17.7 Å². The third-order valence-corrected chi connectivity index (χ3v) is 5.24. The van der Waals surface area contributed by atoms with E-state index >= 15 is 0 Å². The average Bonchev–Trinajstić information content (AvgIpc) is 2.98. The van der Waals surface area contributed by atoms with E-state index in [9.17, 15) is 14.4 Å². The summed E-state index contributed by atoms with van der Waals surface area (Å²) in [6.07, 6.45) is 2.90. The summed E-state index contributed by atoms with van der Waals surface area (Å²) < 4.78 is 5.15. The van der Waals surface area contributed by atoms with Gasteiger partial charge >= 0.3 is 0 Å². The number of carbonyl (C=O) groups is 3. The molecule has 0 radical (unpaired) electrons. The molecule has 3 amide bonds. The Bertz CT molecular complexity index is 689. The molecule has 7 nitrogen and oxygen atoms in total. The Hall–Kier alpha value is -2.57. The zero-order valence-corrected chi connectivity index (χ0v) is 15.8. The minimum absolute atomic E-state index is 0.0200. The molecule has 27 heavy (non-hydrogen) atoms. The second kappa shape index (κ2) is 8.88. The second-order valence-electron chi connectivity index (χ2n) is 7.07. The smallest absolute Gasteiger partial charge is 0.245 e. The molecule has 2 fully saturated rings. The molecule has 1 aromatic rings. The summed E-state index contributed by atoms with van der Waals surface area (Å²) in [5, 5.41) is 2.73. The maximum Gasteiger partial charge on any atom is 0.245 e. The molecule has 1 N–H and O–H groups in total. The van der Waals surface area contributed by atoms with Gasteiger partial charge in [-0.2, -0.15) is 0 Å².